The largest absolute Gasteiger partial charge is 0.381 e. The molecule has 0 spiro atoms. The van der Waals surface area contributed by atoms with Crippen molar-refractivity contribution in [3.8, 4) is 0 Å². The number of hydrogen-bond acceptors (Lipinski definition) is 3. The van der Waals surface area contributed by atoms with Gasteiger partial charge in [-0.25, -0.2) is 0 Å². The van der Waals surface area contributed by atoms with Crippen molar-refractivity contribution in [2.75, 3.05) is 13.2 Å². The van der Waals surface area contributed by atoms with Gasteiger partial charge in [0, 0.05) is 13.0 Å². The number of hydrogen-bond donors (Lipinski definition) is 2. The summed E-state index contributed by atoms with van der Waals surface area (Å²) < 4.78 is 5.18. The van der Waals surface area contributed by atoms with Gasteiger partial charge in [-0.05, 0) is 24.5 Å². The molecule has 108 valence electrons. The summed E-state index contributed by atoms with van der Waals surface area (Å²) in [4.78, 5) is 23.6. The van der Waals surface area contributed by atoms with E-state index in [1.165, 1.54) is 0 Å². The average molecular weight is 276 g/mol. The fraction of sp³-hybridized carbons (Fsp3) is 0.467. The van der Waals surface area contributed by atoms with E-state index in [1.807, 2.05) is 31.2 Å². The third-order valence-corrected chi connectivity index (χ3v) is 3.65. The highest BCUT2D eigenvalue weighted by Crippen LogP contribution is 2.14. The Labute approximate surface area is 118 Å². The third kappa shape index (κ3) is 3.57. The molecule has 0 radical (unpaired) electrons. The molecule has 1 saturated heterocycles. The Kier molecular flexibility index (Phi) is 4.74. The number of nitrogens with two attached hydrogens (primary N) is 1. The molecule has 5 heteroatoms. The first-order valence-corrected chi connectivity index (χ1v) is 6.80. The van der Waals surface area contributed by atoms with E-state index in [4.69, 9.17) is 10.5 Å². The van der Waals surface area contributed by atoms with Crippen LogP contribution in [0, 0.1) is 12.8 Å². The van der Waals surface area contributed by atoms with Crippen LogP contribution in [-0.2, 0) is 20.7 Å². The third-order valence-electron chi connectivity index (χ3n) is 3.65. The number of benzene rings is 1. The summed E-state index contributed by atoms with van der Waals surface area (Å²) in [5.74, 6) is -0.839. The van der Waals surface area contributed by atoms with Crippen LogP contribution in [0.4, 0.5) is 0 Å². The molecular weight excluding hydrogens is 256 g/mol. The standard InChI is InChI=1S/C15H20N2O3/c1-10-4-2-3-5-11(10)8-13(14(16)18)17-15(19)12-6-7-20-9-12/h2-5,12-13H,6-9H2,1H3,(H2,16,18)(H,17,19)/t12-,13+/m1/s1. The van der Waals surface area contributed by atoms with Gasteiger partial charge in [-0.1, -0.05) is 24.3 Å². The normalized spacial score (nSPS) is 19.6. The van der Waals surface area contributed by atoms with E-state index in [-0.39, 0.29) is 11.8 Å². The van der Waals surface area contributed by atoms with Crippen molar-refractivity contribution >= 4 is 11.8 Å². The van der Waals surface area contributed by atoms with Crippen LogP contribution in [0.3, 0.4) is 0 Å². The summed E-state index contributed by atoms with van der Waals surface area (Å²) in [5, 5.41) is 2.74. The molecule has 5 nitrogen and oxygen atoms in total. The van der Waals surface area contributed by atoms with Crippen molar-refractivity contribution in [3.05, 3.63) is 35.4 Å². The second-order valence-electron chi connectivity index (χ2n) is 5.15. The predicted molar refractivity (Wildman–Crippen MR) is 74.9 cm³/mol. The van der Waals surface area contributed by atoms with Gasteiger partial charge in [0.25, 0.3) is 0 Å². The van der Waals surface area contributed by atoms with Crippen molar-refractivity contribution < 1.29 is 14.3 Å². The summed E-state index contributed by atoms with van der Waals surface area (Å²) in [7, 11) is 0. The number of primary amides is 1. The van der Waals surface area contributed by atoms with Crippen LogP contribution >= 0.6 is 0 Å². The minimum atomic E-state index is -0.677. The van der Waals surface area contributed by atoms with Crippen molar-refractivity contribution in [3.63, 3.8) is 0 Å². The van der Waals surface area contributed by atoms with Gasteiger partial charge in [0.2, 0.25) is 11.8 Å². The van der Waals surface area contributed by atoms with Gasteiger partial charge in [-0.15, -0.1) is 0 Å². The number of ether oxygens (including phenoxy) is 1. The number of carbonyl (C=O) groups excluding carboxylic acids is 2. The lowest BCUT2D eigenvalue weighted by Crippen LogP contribution is -2.48. The number of carbonyl (C=O) groups is 2. The van der Waals surface area contributed by atoms with Crippen LogP contribution in [0.15, 0.2) is 24.3 Å². The van der Waals surface area contributed by atoms with E-state index in [0.717, 1.165) is 11.1 Å². The molecular formula is C15H20N2O3. The van der Waals surface area contributed by atoms with Crippen molar-refractivity contribution in [1.29, 1.82) is 0 Å². The molecule has 1 aliphatic heterocycles. The van der Waals surface area contributed by atoms with Crippen LogP contribution in [-0.4, -0.2) is 31.1 Å². The second-order valence-corrected chi connectivity index (χ2v) is 5.15. The Bertz CT molecular complexity index is 496. The van der Waals surface area contributed by atoms with Gasteiger partial charge in [-0.3, -0.25) is 9.59 Å². The summed E-state index contributed by atoms with van der Waals surface area (Å²) in [5.41, 5.74) is 7.49. The quantitative estimate of drug-likeness (QED) is 0.823. The molecule has 0 unspecified atom stereocenters. The fourth-order valence-electron chi connectivity index (χ4n) is 2.31. The topological polar surface area (TPSA) is 81.4 Å². The maximum absolute atomic E-state index is 12.0. The highest BCUT2D eigenvalue weighted by Gasteiger charge is 2.27. The van der Waals surface area contributed by atoms with E-state index in [1.54, 1.807) is 0 Å². The Morgan fingerprint density at radius 3 is 2.80 bits per heavy atom. The van der Waals surface area contributed by atoms with Gasteiger partial charge in [0.1, 0.15) is 6.04 Å². The Balaban J connectivity index is 2.02. The molecule has 3 N–H and O–H groups in total. The summed E-state index contributed by atoms with van der Waals surface area (Å²) in [6, 6.07) is 7.08. The van der Waals surface area contributed by atoms with Crippen LogP contribution in [0.5, 0.6) is 0 Å². The summed E-state index contributed by atoms with van der Waals surface area (Å²) in [6.07, 6.45) is 1.11. The molecule has 1 aromatic rings. The first-order chi connectivity index (χ1) is 9.58. The molecule has 1 fully saturated rings. The fourth-order valence-corrected chi connectivity index (χ4v) is 2.31. The Hall–Kier alpha value is -1.88. The minimum absolute atomic E-state index is 0.153. The molecule has 1 aromatic carbocycles. The SMILES string of the molecule is Cc1ccccc1C[C@H](NC(=O)[C@@H]1CCOC1)C(N)=O. The lowest BCUT2D eigenvalue weighted by atomic mass is 10.00. The van der Waals surface area contributed by atoms with Crippen LogP contribution in [0.1, 0.15) is 17.5 Å². The molecule has 0 saturated carbocycles. The van der Waals surface area contributed by atoms with Gasteiger partial charge in [0.05, 0.1) is 12.5 Å². The maximum atomic E-state index is 12.0. The summed E-state index contributed by atoms with van der Waals surface area (Å²) >= 11 is 0. The highest BCUT2D eigenvalue weighted by molar-refractivity contribution is 5.88. The molecule has 0 aromatic heterocycles. The number of rotatable bonds is 5. The maximum Gasteiger partial charge on any atom is 0.240 e. The van der Waals surface area contributed by atoms with Crippen molar-refractivity contribution in [2.24, 2.45) is 11.7 Å². The zero-order valence-corrected chi connectivity index (χ0v) is 11.6. The monoisotopic (exact) mass is 276 g/mol. The first-order valence-electron chi connectivity index (χ1n) is 6.80. The Morgan fingerprint density at radius 2 is 2.20 bits per heavy atom. The van der Waals surface area contributed by atoms with Gasteiger partial charge in [0.15, 0.2) is 0 Å². The molecule has 2 amide bonds. The molecule has 2 rings (SSSR count). The van der Waals surface area contributed by atoms with Gasteiger partial charge in [-0.2, -0.15) is 0 Å². The molecule has 0 aliphatic carbocycles. The second kappa shape index (κ2) is 6.52. The molecule has 1 heterocycles. The van der Waals surface area contributed by atoms with E-state index >= 15 is 0 Å². The average Bonchev–Trinajstić information content (AvgIpc) is 2.94. The van der Waals surface area contributed by atoms with E-state index in [2.05, 4.69) is 5.32 Å². The van der Waals surface area contributed by atoms with Crippen LogP contribution in [0.25, 0.3) is 0 Å². The minimum Gasteiger partial charge on any atom is -0.381 e. The van der Waals surface area contributed by atoms with Gasteiger partial charge >= 0.3 is 0 Å². The van der Waals surface area contributed by atoms with E-state index in [9.17, 15) is 9.59 Å². The zero-order chi connectivity index (χ0) is 14.5. The Morgan fingerprint density at radius 1 is 1.45 bits per heavy atom. The lowest BCUT2D eigenvalue weighted by molar-refractivity contribution is -0.129. The molecule has 0 bridgehead atoms. The summed E-state index contributed by atoms with van der Waals surface area (Å²) in [6.45, 7) is 2.98. The molecule has 1 aliphatic rings. The molecule has 20 heavy (non-hydrogen) atoms. The van der Waals surface area contributed by atoms with E-state index in [0.29, 0.717) is 26.1 Å². The van der Waals surface area contributed by atoms with Gasteiger partial charge < -0.3 is 15.8 Å². The highest BCUT2D eigenvalue weighted by atomic mass is 16.5. The number of aryl methyl sites for hydroxylation is 1. The van der Waals surface area contributed by atoms with Crippen LogP contribution in [0.2, 0.25) is 0 Å². The van der Waals surface area contributed by atoms with Crippen molar-refractivity contribution in [1.82, 2.24) is 5.32 Å². The zero-order valence-electron chi connectivity index (χ0n) is 11.6. The van der Waals surface area contributed by atoms with E-state index < -0.39 is 11.9 Å². The first kappa shape index (κ1) is 14.5. The van der Waals surface area contributed by atoms with Crippen molar-refractivity contribution in [2.45, 2.75) is 25.8 Å². The smallest absolute Gasteiger partial charge is 0.240 e. The number of amides is 2. The predicted octanol–water partition coefficient (Wildman–Crippen LogP) is 0.544. The van der Waals surface area contributed by atoms with Crippen LogP contribution < -0.4 is 11.1 Å². The molecule has 2 atom stereocenters. The lowest BCUT2D eigenvalue weighted by Gasteiger charge is -2.18. The number of nitrogens with one attached hydrogen (secondary N) is 1.